The van der Waals surface area contributed by atoms with Gasteiger partial charge >= 0.3 is 6.18 Å². The van der Waals surface area contributed by atoms with Crippen molar-refractivity contribution in [2.75, 3.05) is 6.54 Å². The van der Waals surface area contributed by atoms with Gasteiger partial charge in [-0.1, -0.05) is 6.07 Å². The molecule has 0 saturated heterocycles. The van der Waals surface area contributed by atoms with Gasteiger partial charge in [-0.2, -0.15) is 13.2 Å². The summed E-state index contributed by atoms with van der Waals surface area (Å²) in [6, 6.07) is 4.06. The van der Waals surface area contributed by atoms with Gasteiger partial charge in [-0.15, -0.1) is 11.3 Å². The van der Waals surface area contributed by atoms with Gasteiger partial charge in [-0.25, -0.2) is 9.97 Å². The van der Waals surface area contributed by atoms with Crippen molar-refractivity contribution in [1.82, 2.24) is 14.9 Å². The maximum Gasteiger partial charge on any atom is 0.451 e. The molecular weight excluding hydrogens is 287 g/mol. The predicted octanol–water partition coefficient (Wildman–Crippen LogP) is 3.12. The van der Waals surface area contributed by atoms with Gasteiger partial charge in [0.15, 0.2) is 0 Å². The third-order valence-electron chi connectivity index (χ3n) is 3.23. The highest BCUT2D eigenvalue weighted by molar-refractivity contribution is 7.09. The molecule has 20 heavy (non-hydrogen) atoms. The fraction of sp³-hybridized carbons (Fsp3) is 0.385. The van der Waals surface area contributed by atoms with Crippen molar-refractivity contribution in [1.29, 1.82) is 0 Å². The Balaban J connectivity index is 1.75. The summed E-state index contributed by atoms with van der Waals surface area (Å²) in [5, 5.41) is 2.02. The number of alkyl halides is 3. The molecule has 0 aliphatic carbocycles. The molecule has 1 aliphatic rings. The third-order valence-corrected chi connectivity index (χ3v) is 4.09. The van der Waals surface area contributed by atoms with Crippen LogP contribution < -0.4 is 0 Å². The van der Waals surface area contributed by atoms with E-state index in [0.29, 0.717) is 18.7 Å². The highest BCUT2D eigenvalue weighted by atomic mass is 32.1. The van der Waals surface area contributed by atoms with E-state index in [0.717, 1.165) is 18.7 Å². The van der Waals surface area contributed by atoms with Gasteiger partial charge in [-0.05, 0) is 11.4 Å². The van der Waals surface area contributed by atoms with E-state index in [1.54, 1.807) is 11.3 Å². The molecule has 0 bridgehead atoms. The van der Waals surface area contributed by atoms with Crippen LogP contribution in [0.15, 0.2) is 23.7 Å². The van der Waals surface area contributed by atoms with Crippen LogP contribution >= 0.6 is 11.3 Å². The minimum Gasteiger partial charge on any atom is -0.294 e. The quantitative estimate of drug-likeness (QED) is 0.853. The van der Waals surface area contributed by atoms with Gasteiger partial charge in [0.25, 0.3) is 0 Å². The number of nitrogens with zero attached hydrogens (tertiary/aromatic N) is 3. The SMILES string of the molecule is FC(F)(F)c1ncc2c(n1)CCN(Cc1cccs1)C2. The Morgan fingerprint density at radius 2 is 2.20 bits per heavy atom. The van der Waals surface area contributed by atoms with Crippen molar-refractivity contribution in [2.24, 2.45) is 0 Å². The Hall–Kier alpha value is -1.47. The zero-order valence-corrected chi connectivity index (χ0v) is 11.3. The lowest BCUT2D eigenvalue weighted by molar-refractivity contribution is -0.145. The molecule has 3 rings (SSSR count). The van der Waals surface area contributed by atoms with Crippen molar-refractivity contribution >= 4 is 11.3 Å². The molecule has 0 N–H and O–H groups in total. The standard InChI is InChI=1S/C13H12F3N3S/c14-13(15,16)12-17-6-9-7-19(4-3-11(9)18-12)8-10-2-1-5-20-10/h1-2,5-6H,3-4,7-8H2. The van der Waals surface area contributed by atoms with Crippen molar-refractivity contribution in [2.45, 2.75) is 25.7 Å². The molecule has 0 fully saturated rings. The summed E-state index contributed by atoms with van der Waals surface area (Å²) in [5.74, 6) is -1.04. The first-order chi connectivity index (χ1) is 9.52. The number of rotatable bonds is 2. The predicted molar refractivity (Wildman–Crippen MR) is 69.2 cm³/mol. The fourth-order valence-electron chi connectivity index (χ4n) is 2.27. The minimum atomic E-state index is -4.47. The van der Waals surface area contributed by atoms with E-state index < -0.39 is 12.0 Å². The van der Waals surface area contributed by atoms with Crippen molar-refractivity contribution in [3.63, 3.8) is 0 Å². The van der Waals surface area contributed by atoms with Crippen LogP contribution in [0.1, 0.15) is 22.0 Å². The number of aromatic nitrogens is 2. The van der Waals surface area contributed by atoms with E-state index in [9.17, 15) is 13.2 Å². The van der Waals surface area contributed by atoms with Crippen LogP contribution in [0.25, 0.3) is 0 Å². The minimum absolute atomic E-state index is 0.523. The van der Waals surface area contributed by atoms with Gasteiger partial charge in [0.05, 0.1) is 5.69 Å². The molecule has 0 radical (unpaired) electrons. The molecule has 1 aliphatic heterocycles. The Kier molecular flexibility index (Phi) is 3.47. The fourth-order valence-corrected chi connectivity index (χ4v) is 3.02. The van der Waals surface area contributed by atoms with Gasteiger partial charge in [0, 0.05) is 42.7 Å². The highest BCUT2D eigenvalue weighted by Crippen LogP contribution is 2.28. The molecule has 2 aromatic heterocycles. The number of hydrogen-bond donors (Lipinski definition) is 0. The van der Waals surface area contributed by atoms with Crippen molar-refractivity contribution in [3.05, 3.63) is 45.7 Å². The number of thiophene rings is 1. The normalized spacial score (nSPS) is 16.1. The van der Waals surface area contributed by atoms with E-state index in [1.165, 1.54) is 11.1 Å². The monoisotopic (exact) mass is 299 g/mol. The van der Waals surface area contributed by atoms with Crippen molar-refractivity contribution < 1.29 is 13.2 Å². The average Bonchev–Trinajstić information content (AvgIpc) is 2.90. The lowest BCUT2D eigenvalue weighted by Gasteiger charge is -2.27. The molecule has 0 saturated carbocycles. The number of fused-ring (bicyclic) bond motifs is 1. The van der Waals surface area contributed by atoms with E-state index in [4.69, 9.17) is 0 Å². The maximum absolute atomic E-state index is 12.6. The second-order valence-corrected chi connectivity index (χ2v) is 5.74. The molecule has 0 unspecified atom stereocenters. The zero-order chi connectivity index (χ0) is 14.2. The summed E-state index contributed by atoms with van der Waals surface area (Å²) in [6.07, 6.45) is -2.62. The Bertz CT molecular complexity index is 595. The van der Waals surface area contributed by atoms with E-state index in [2.05, 4.69) is 20.9 Å². The molecule has 106 valence electrons. The van der Waals surface area contributed by atoms with Crippen LogP contribution in [0.4, 0.5) is 13.2 Å². The first-order valence-electron chi connectivity index (χ1n) is 6.19. The number of halogens is 3. The molecule has 3 nitrogen and oxygen atoms in total. The summed E-state index contributed by atoms with van der Waals surface area (Å²) in [6.45, 7) is 2.14. The van der Waals surface area contributed by atoms with Crippen LogP contribution in [0.5, 0.6) is 0 Å². The first kappa shape index (κ1) is 13.5. The molecule has 0 spiro atoms. The molecule has 2 aromatic rings. The second-order valence-electron chi connectivity index (χ2n) is 4.70. The van der Waals surface area contributed by atoms with Crippen LogP contribution in [-0.2, 0) is 25.7 Å². The largest absolute Gasteiger partial charge is 0.451 e. The molecule has 0 amide bonds. The summed E-state index contributed by atoms with van der Waals surface area (Å²) in [4.78, 5) is 10.5. The van der Waals surface area contributed by atoms with E-state index in [-0.39, 0.29) is 0 Å². The van der Waals surface area contributed by atoms with Gasteiger partial charge < -0.3 is 0 Å². The Labute approximate surface area is 118 Å². The molecule has 0 aromatic carbocycles. The lowest BCUT2D eigenvalue weighted by atomic mass is 10.1. The summed E-state index contributed by atoms with van der Waals surface area (Å²) in [7, 11) is 0. The molecule has 0 atom stereocenters. The molecular formula is C13H12F3N3S. The second kappa shape index (κ2) is 5.14. The van der Waals surface area contributed by atoms with E-state index in [1.807, 2.05) is 11.4 Å². The molecule has 3 heterocycles. The Morgan fingerprint density at radius 1 is 1.35 bits per heavy atom. The third kappa shape index (κ3) is 2.83. The van der Waals surface area contributed by atoms with Gasteiger partial charge in [0.1, 0.15) is 0 Å². The topological polar surface area (TPSA) is 29.0 Å². The van der Waals surface area contributed by atoms with Gasteiger partial charge in [-0.3, -0.25) is 4.90 Å². The summed E-state index contributed by atoms with van der Waals surface area (Å²) in [5.41, 5.74) is 1.32. The summed E-state index contributed by atoms with van der Waals surface area (Å²) >= 11 is 1.68. The van der Waals surface area contributed by atoms with Crippen LogP contribution in [0, 0.1) is 0 Å². The van der Waals surface area contributed by atoms with Crippen molar-refractivity contribution in [3.8, 4) is 0 Å². The van der Waals surface area contributed by atoms with Crippen LogP contribution in [-0.4, -0.2) is 21.4 Å². The maximum atomic E-state index is 12.6. The van der Waals surface area contributed by atoms with Crippen LogP contribution in [0.2, 0.25) is 0 Å². The highest BCUT2D eigenvalue weighted by Gasteiger charge is 2.35. The average molecular weight is 299 g/mol. The smallest absolute Gasteiger partial charge is 0.294 e. The molecule has 7 heteroatoms. The van der Waals surface area contributed by atoms with Crippen LogP contribution in [0.3, 0.4) is 0 Å². The first-order valence-corrected chi connectivity index (χ1v) is 7.07. The zero-order valence-electron chi connectivity index (χ0n) is 10.5. The lowest BCUT2D eigenvalue weighted by Crippen LogP contribution is -2.31. The Morgan fingerprint density at radius 3 is 2.90 bits per heavy atom. The summed E-state index contributed by atoms with van der Waals surface area (Å²) < 4.78 is 37.7. The number of hydrogen-bond acceptors (Lipinski definition) is 4. The van der Waals surface area contributed by atoms with Gasteiger partial charge in [0.2, 0.25) is 5.82 Å². The van der Waals surface area contributed by atoms with E-state index >= 15 is 0 Å².